The standard InChI is InChI=1S/C30H27Cl2N5O3/c1-2-15-35-20-27(38)36-26(37(35)30(40)33-17-21-9-5-3-6-10-21)19-34(18-22-13-14-24(31)25(32)16-22)29(39)28(36)23-11-7-4-8-12-23/h1,3-14,16,26,28H,15,17-20H2,(H,33,40)/t26-,28-/m0/s1. The minimum atomic E-state index is -0.923. The fourth-order valence-electron chi connectivity index (χ4n) is 5.14. The van der Waals surface area contributed by atoms with E-state index in [1.807, 2.05) is 60.7 Å². The quantitative estimate of drug-likeness (QED) is 0.444. The van der Waals surface area contributed by atoms with Gasteiger partial charge in [0.2, 0.25) is 5.91 Å². The van der Waals surface area contributed by atoms with Gasteiger partial charge in [0.15, 0.2) is 0 Å². The van der Waals surface area contributed by atoms with E-state index in [0.29, 0.717) is 15.6 Å². The molecule has 2 saturated heterocycles. The molecule has 0 aromatic heterocycles. The zero-order chi connectivity index (χ0) is 28.2. The van der Waals surface area contributed by atoms with Gasteiger partial charge in [0, 0.05) is 13.1 Å². The number of hydrogen-bond donors (Lipinski definition) is 1. The third kappa shape index (κ3) is 5.63. The van der Waals surface area contributed by atoms with Gasteiger partial charge in [-0.15, -0.1) is 6.42 Å². The van der Waals surface area contributed by atoms with Gasteiger partial charge in [0.25, 0.3) is 5.91 Å². The van der Waals surface area contributed by atoms with Gasteiger partial charge in [-0.2, -0.15) is 5.01 Å². The number of carbonyl (C=O) groups is 3. The molecule has 0 saturated carbocycles. The largest absolute Gasteiger partial charge is 0.334 e. The molecule has 5 rings (SSSR count). The highest BCUT2D eigenvalue weighted by atomic mass is 35.5. The van der Waals surface area contributed by atoms with Crippen LogP contribution >= 0.6 is 23.2 Å². The summed E-state index contributed by atoms with van der Waals surface area (Å²) in [6, 6.07) is 22.5. The molecule has 0 spiro atoms. The van der Waals surface area contributed by atoms with E-state index >= 15 is 0 Å². The van der Waals surface area contributed by atoms with Crippen LogP contribution in [0.3, 0.4) is 0 Å². The van der Waals surface area contributed by atoms with E-state index in [1.165, 1.54) is 9.91 Å². The van der Waals surface area contributed by atoms with E-state index in [2.05, 4.69) is 11.2 Å². The Balaban J connectivity index is 1.52. The SMILES string of the molecule is C#CCN1CC(=O)N2[C@@H](c3ccccc3)C(=O)N(Cc3ccc(Cl)c(Cl)c3)C[C@@H]2N1C(=O)NCc1ccccc1. The van der Waals surface area contributed by atoms with Gasteiger partial charge in [-0.25, -0.2) is 9.80 Å². The number of carbonyl (C=O) groups excluding carboxylic acids is 3. The van der Waals surface area contributed by atoms with Crippen LogP contribution in [0.5, 0.6) is 0 Å². The smallest absolute Gasteiger partial charge is 0.333 e. The second-order valence-electron chi connectivity index (χ2n) is 9.58. The van der Waals surface area contributed by atoms with E-state index in [1.54, 1.807) is 28.1 Å². The molecule has 3 aromatic rings. The topological polar surface area (TPSA) is 76.2 Å². The number of hydrazine groups is 1. The molecule has 2 aliphatic rings. The average molecular weight is 576 g/mol. The molecule has 3 aromatic carbocycles. The molecule has 4 amide bonds. The lowest BCUT2D eigenvalue weighted by Gasteiger charge is -2.54. The summed E-state index contributed by atoms with van der Waals surface area (Å²) < 4.78 is 0. The summed E-state index contributed by atoms with van der Waals surface area (Å²) in [6.45, 7) is 0.489. The van der Waals surface area contributed by atoms with Crippen molar-refractivity contribution < 1.29 is 14.4 Å². The molecule has 2 heterocycles. The van der Waals surface area contributed by atoms with Crippen molar-refractivity contribution in [2.75, 3.05) is 19.6 Å². The van der Waals surface area contributed by atoms with Crippen LogP contribution in [0.4, 0.5) is 4.79 Å². The van der Waals surface area contributed by atoms with Crippen molar-refractivity contribution in [2.24, 2.45) is 0 Å². The molecule has 2 atom stereocenters. The van der Waals surface area contributed by atoms with Gasteiger partial charge >= 0.3 is 6.03 Å². The zero-order valence-electron chi connectivity index (χ0n) is 21.5. The predicted molar refractivity (Wildman–Crippen MR) is 153 cm³/mol. The van der Waals surface area contributed by atoms with Gasteiger partial charge < -0.3 is 15.1 Å². The maximum absolute atomic E-state index is 14.0. The number of fused-ring (bicyclic) bond motifs is 1. The maximum atomic E-state index is 14.0. The summed E-state index contributed by atoms with van der Waals surface area (Å²) in [7, 11) is 0. The number of hydrogen-bond acceptors (Lipinski definition) is 4. The van der Waals surface area contributed by atoms with Gasteiger partial charge in [0.05, 0.1) is 29.7 Å². The Labute approximate surface area is 243 Å². The second kappa shape index (κ2) is 12.0. The van der Waals surface area contributed by atoms with Crippen LogP contribution in [0.25, 0.3) is 0 Å². The van der Waals surface area contributed by atoms with Crippen LogP contribution in [-0.2, 0) is 22.7 Å². The molecule has 8 nitrogen and oxygen atoms in total. The van der Waals surface area contributed by atoms with Crippen molar-refractivity contribution in [2.45, 2.75) is 25.3 Å². The van der Waals surface area contributed by atoms with Crippen LogP contribution in [-0.4, -0.2) is 63.5 Å². The summed E-state index contributed by atoms with van der Waals surface area (Å²) in [6.07, 6.45) is 4.84. The number of piperazine rings is 1. The monoisotopic (exact) mass is 575 g/mol. The summed E-state index contributed by atoms with van der Waals surface area (Å²) >= 11 is 12.4. The molecular weight excluding hydrogens is 549 g/mol. The second-order valence-corrected chi connectivity index (χ2v) is 10.4. The molecule has 2 aliphatic heterocycles. The molecular formula is C30H27Cl2N5O3. The predicted octanol–water partition coefficient (Wildman–Crippen LogP) is 4.31. The lowest BCUT2D eigenvalue weighted by atomic mass is 9.98. The first-order valence-corrected chi connectivity index (χ1v) is 13.5. The molecule has 204 valence electrons. The molecule has 2 fully saturated rings. The number of amides is 4. The first-order chi connectivity index (χ1) is 19.4. The summed E-state index contributed by atoms with van der Waals surface area (Å²) in [5.41, 5.74) is 2.34. The fourth-order valence-corrected chi connectivity index (χ4v) is 5.46. The number of terminal acetylenes is 1. The van der Waals surface area contributed by atoms with E-state index < -0.39 is 18.2 Å². The Morgan fingerprint density at radius 2 is 1.65 bits per heavy atom. The van der Waals surface area contributed by atoms with Crippen LogP contribution in [0.2, 0.25) is 10.0 Å². The number of nitrogens with one attached hydrogen (secondary N) is 1. The van der Waals surface area contributed by atoms with Crippen molar-refractivity contribution >= 4 is 41.0 Å². The highest BCUT2D eigenvalue weighted by molar-refractivity contribution is 6.42. The zero-order valence-corrected chi connectivity index (χ0v) is 23.1. The van der Waals surface area contributed by atoms with Crippen LogP contribution in [0.1, 0.15) is 22.7 Å². The Kier molecular flexibility index (Phi) is 8.27. The van der Waals surface area contributed by atoms with Gasteiger partial charge in [-0.1, -0.05) is 95.9 Å². The Morgan fingerprint density at radius 3 is 2.33 bits per heavy atom. The minimum absolute atomic E-state index is 0.0472. The van der Waals surface area contributed by atoms with E-state index in [0.717, 1.165) is 11.1 Å². The first-order valence-electron chi connectivity index (χ1n) is 12.8. The van der Waals surface area contributed by atoms with Crippen LogP contribution in [0.15, 0.2) is 78.9 Å². The normalized spacial score (nSPS) is 19.3. The van der Waals surface area contributed by atoms with Crippen molar-refractivity contribution in [1.29, 1.82) is 0 Å². The molecule has 10 heteroatoms. The average Bonchev–Trinajstić information content (AvgIpc) is 2.96. The third-order valence-electron chi connectivity index (χ3n) is 6.96. The highest BCUT2D eigenvalue weighted by Gasteiger charge is 2.51. The molecule has 0 unspecified atom stereocenters. The fraction of sp³-hybridized carbons (Fsp3) is 0.233. The lowest BCUT2D eigenvalue weighted by molar-refractivity contribution is -0.190. The Bertz CT molecular complexity index is 1450. The molecule has 0 bridgehead atoms. The summed E-state index contributed by atoms with van der Waals surface area (Å²) in [4.78, 5) is 44.5. The van der Waals surface area contributed by atoms with Gasteiger partial charge in [-0.3, -0.25) is 9.59 Å². The van der Waals surface area contributed by atoms with E-state index in [9.17, 15) is 14.4 Å². The summed E-state index contributed by atoms with van der Waals surface area (Å²) in [5, 5.41) is 6.77. The molecule has 0 radical (unpaired) electrons. The number of halogens is 2. The minimum Gasteiger partial charge on any atom is -0.333 e. The summed E-state index contributed by atoms with van der Waals surface area (Å²) in [5.74, 6) is 2.01. The lowest BCUT2D eigenvalue weighted by Crippen LogP contribution is -2.74. The van der Waals surface area contributed by atoms with Gasteiger partial charge in [0.1, 0.15) is 12.2 Å². The van der Waals surface area contributed by atoms with E-state index in [-0.39, 0.29) is 44.5 Å². The number of nitrogens with zero attached hydrogens (tertiary/aromatic N) is 4. The molecule has 40 heavy (non-hydrogen) atoms. The van der Waals surface area contributed by atoms with Crippen LogP contribution < -0.4 is 5.32 Å². The van der Waals surface area contributed by atoms with Crippen molar-refractivity contribution in [3.63, 3.8) is 0 Å². The molecule has 0 aliphatic carbocycles. The maximum Gasteiger partial charge on any atom is 0.334 e. The van der Waals surface area contributed by atoms with Crippen molar-refractivity contribution in [1.82, 2.24) is 25.1 Å². The Hall–Kier alpha value is -4.03. The third-order valence-corrected chi connectivity index (χ3v) is 7.70. The van der Waals surface area contributed by atoms with Crippen molar-refractivity contribution in [3.05, 3.63) is 106 Å². The van der Waals surface area contributed by atoms with E-state index in [4.69, 9.17) is 29.6 Å². The number of benzene rings is 3. The number of urea groups is 1. The Morgan fingerprint density at radius 1 is 0.950 bits per heavy atom. The van der Waals surface area contributed by atoms with Crippen LogP contribution in [0, 0.1) is 12.3 Å². The molecule has 1 N–H and O–H groups in total. The van der Waals surface area contributed by atoms with Gasteiger partial charge in [-0.05, 0) is 28.8 Å². The van der Waals surface area contributed by atoms with Crippen molar-refractivity contribution in [3.8, 4) is 12.3 Å². The number of rotatable bonds is 6. The highest BCUT2D eigenvalue weighted by Crippen LogP contribution is 2.35. The first kappa shape index (κ1) is 27.5.